The average Bonchev–Trinajstić information content (AvgIpc) is 3.22. The Balaban J connectivity index is 0.00000341. The van der Waals surface area contributed by atoms with E-state index in [4.69, 9.17) is 4.42 Å². The monoisotopic (exact) mass is 539 g/mol. The van der Waals surface area contributed by atoms with Crippen LogP contribution in [0, 0.1) is 0 Å². The lowest BCUT2D eigenvalue weighted by Crippen LogP contribution is -2.38. The van der Waals surface area contributed by atoms with Crippen molar-refractivity contribution in [3.05, 3.63) is 53.2 Å². The number of aliphatic imine (C=N–C) groups is 1. The number of carbonyl (C=O) groups excluding carboxylic acids is 1. The molecule has 0 saturated heterocycles. The highest BCUT2D eigenvalue weighted by atomic mass is 127. The second-order valence-electron chi connectivity index (χ2n) is 8.66. The van der Waals surface area contributed by atoms with E-state index in [-0.39, 0.29) is 35.3 Å². The van der Waals surface area contributed by atoms with Gasteiger partial charge < -0.3 is 20.0 Å². The van der Waals surface area contributed by atoms with Gasteiger partial charge in [0.15, 0.2) is 5.96 Å². The van der Waals surface area contributed by atoms with Gasteiger partial charge in [-0.25, -0.2) is 4.98 Å². The number of halogens is 1. The number of hydrogen-bond acceptors (Lipinski definition) is 4. The Morgan fingerprint density at radius 3 is 2.65 bits per heavy atom. The number of oxazole rings is 1. The van der Waals surface area contributed by atoms with Gasteiger partial charge in [0.05, 0.1) is 12.7 Å². The Morgan fingerprint density at radius 1 is 1.23 bits per heavy atom. The highest BCUT2D eigenvalue weighted by molar-refractivity contribution is 14.0. The molecule has 7 nitrogen and oxygen atoms in total. The van der Waals surface area contributed by atoms with E-state index in [9.17, 15) is 4.79 Å². The van der Waals surface area contributed by atoms with Crippen LogP contribution in [0.1, 0.15) is 56.4 Å². The van der Waals surface area contributed by atoms with E-state index in [1.54, 1.807) is 13.2 Å². The highest BCUT2D eigenvalue weighted by Crippen LogP contribution is 2.22. The zero-order chi connectivity index (χ0) is 21.6. The molecule has 31 heavy (non-hydrogen) atoms. The van der Waals surface area contributed by atoms with Gasteiger partial charge in [0, 0.05) is 38.5 Å². The first-order valence-electron chi connectivity index (χ1n) is 10.6. The van der Waals surface area contributed by atoms with Gasteiger partial charge in [-0.2, -0.15) is 0 Å². The molecule has 1 aromatic carbocycles. The van der Waals surface area contributed by atoms with Gasteiger partial charge in [-0.1, -0.05) is 45.0 Å². The van der Waals surface area contributed by atoms with Crippen molar-refractivity contribution in [2.45, 2.75) is 58.5 Å². The molecule has 170 valence electrons. The molecule has 1 amide bonds. The molecule has 2 N–H and O–H groups in total. The van der Waals surface area contributed by atoms with E-state index in [1.807, 2.05) is 11.0 Å². The van der Waals surface area contributed by atoms with Gasteiger partial charge in [0.2, 0.25) is 11.8 Å². The van der Waals surface area contributed by atoms with E-state index in [1.165, 1.54) is 11.1 Å². The summed E-state index contributed by atoms with van der Waals surface area (Å²) < 4.78 is 5.79. The molecule has 0 saturated carbocycles. The zero-order valence-corrected chi connectivity index (χ0v) is 21.2. The Kier molecular flexibility index (Phi) is 9.33. The summed E-state index contributed by atoms with van der Waals surface area (Å²) in [6.07, 6.45) is 4.00. The second kappa shape index (κ2) is 11.5. The number of benzene rings is 1. The maximum absolute atomic E-state index is 12.5. The number of hydrogen-bond donors (Lipinski definition) is 2. The molecular formula is C23H34IN5O2. The topological polar surface area (TPSA) is 82.8 Å². The van der Waals surface area contributed by atoms with Crippen molar-refractivity contribution in [1.82, 2.24) is 20.5 Å². The molecule has 1 aliphatic rings. The van der Waals surface area contributed by atoms with Crippen LogP contribution in [-0.4, -0.2) is 41.9 Å². The van der Waals surface area contributed by atoms with Crippen molar-refractivity contribution < 1.29 is 9.21 Å². The quantitative estimate of drug-likeness (QED) is 0.254. The predicted octanol–water partition coefficient (Wildman–Crippen LogP) is 3.62. The first kappa shape index (κ1) is 25.2. The molecular weight excluding hydrogens is 505 g/mol. The van der Waals surface area contributed by atoms with E-state index in [0.29, 0.717) is 31.4 Å². The molecule has 0 radical (unpaired) electrons. The van der Waals surface area contributed by atoms with Crippen molar-refractivity contribution in [2.24, 2.45) is 4.99 Å². The highest BCUT2D eigenvalue weighted by Gasteiger charge is 2.20. The summed E-state index contributed by atoms with van der Waals surface area (Å²) in [5.41, 5.74) is 2.56. The fourth-order valence-electron chi connectivity index (χ4n) is 3.43. The largest absolute Gasteiger partial charge is 0.443 e. The normalized spacial score (nSPS) is 13.9. The number of fused-ring (bicyclic) bond motifs is 1. The number of guanidine groups is 1. The van der Waals surface area contributed by atoms with Crippen LogP contribution in [0.15, 0.2) is 39.9 Å². The summed E-state index contributed by atoms with van der Waals surface area (Å²) in [6.45, 7) is 8.94. The minimum atomic E-state index is -0.0614. The van der Waals surface area contributed by atoms with Crippen LogP contribution < -0.4 is 10.6 Å². The van der Waals surface area contributed by atoms with Crippen molar-refractivity contribution in [1.29, 1.82) is 0 Å². The first-order valence-corrected chi connectivity index (χ1v) is 10.6. The average molecular weight is 539 g/mol. The van der Waals surface area contributed by atoms with Crippen molar-refractivity contribution >= 4 is 35.8 Å². The molecule has 1 aromatic heterocycles. The first-order chi connectivity index (χ1) is 14.4. The van der Waals surface area contributed by atoms with Crippen molar-refractivity contribution in [2.75, 3.05) is 20.1 Å². The Morgan fingerprint density at radius 2 is 1.97 bits per heavy atom. The molecule has 0 unspecified atom stereocenters. The number of amides is 1. The number of aromatic nitrogens is 1. The smallest absolute Gasteiger partial charge is 0.222 e. The van der Waals surface area contributed by atoms with Gasteiger partial charge in [-0.15, -0.1) is 24.0 Å². The molecule has 2 aromatic rings. The summed E-state index contributed by atoms with van der Waals surface area (Å²) in [6, 6.07) is 8.37. The maximum Gasteiger partial charge on any atom is 0.222 e. The lowest BCUT2D eigenvalue weighted by atomic mass is 9.94. The van der Waals surface area contributed by atoms with Crippen LogP contribution >= 0.6 is 24.0 Å². The van der Waals surface area contributed by atoms with Crippen molar-refractivity contribution in [3.8, 4) is 0 Å². The predicted molar refractivity (Wildman–Crippen MR) is 134 cm³/mol. The molecule has 8 heteroatoms. The van der Waals surface area contributed by atoms with Crippen LogP contribution in [0.25, 0.3) is 0 Å². The zero-order valence-electron chi connectivity index (χ0n) is 18.9. The number of carbonyl (C=O) groups is 1. The Bertz CT molecular complexity index is 888. The van der Waals surface area contributed by atoms with Crippen LogP contribution in [-0.2, 0) is 29.7 Å². The van der Waals surface area contributed by atoms with Gasteiger partial charge >= 0.3 is 0 Å². The third-order valence-corrected chi connectivity index (χ3v) is 5.27. The number of nitrogens with one attached hydrogen (secondary N) is 2. The summed E-state index contributed by atoms with van der Waals surface area (Å²) in [5.74, 6) is 2.37. The second-order valence-corrected chi connectivity index (χ2v) is 8.66. The van der Waals surface area contributed by atoms with Crippen molar-refractivity contribution in [3.63, 3.8) is 0 Å². The van der Waals surface area contributed by atoms with E-state index in [0.717, 1.165) is 31.7 Å². The molecule has 0 atom stereocenters. The van der Waals surface area contributed by atoms with Crippen LogP contribution in [0.5, 0.6) is 0 Å². The molecule has 2 heterocycles. The van der Waals surface area contributed by atoms with Gasteiger partial charge in [-0.3, -0.25) is 9.79 Å². The van der Waals surface area contributed by atoms with Crippen LogP contribution in [0.4, 0.5) is 0 Å². The summed E-state index contributed by atoms with van der Waals surface area (Å²) >= 11 is 0. The van der Waals surface area contributed by atoms with Gasteiger partial charge in [0.25, 0.3) is 0 Å². The molecule has 3 rings (SSSR count). The van der Waals surface area contributed by atoms with Crippen LogP contribution in [0.3, 0.4) is 0 Å². The van der Waals surface area contributed by atoms with Crippen LogP contribution in [0.2, 0.25) is 0 Å². The molecule has 0 spiro atoms. The van der Waals surface area contributed by atoms with E-state index in [2.05, 4.69) is 59.6 Å². The molecule has 0 aliphatic carbocycles. The Hall–Kier alpha value is -2.10. The summed E-state index contributed by atoms with van der Waals surface area (Å²) in [5, 5.41) is 6.45. The molecule has 0 fully saturated rings. The fraction of sp³-hybridized carbons (Fsp3) is 0.522. The lowest BCUT2D eigenvalue weighted by molar-refractivity contribution is -0.132. The minimum Gasteiger partial charge on any atom is -0.443 e. The SMILES string of the molecule is CN=C(NCCCC(=O)N1CCc2ccccc2C1)NCc1ncc(C(C)(C)C)o1.I. The minimum absolute atomic E-state index is 0. The number of nitrogens with zero attached hydrogens (tertiary/aromatic N) is 3. The van der Waals surface area contributed by atoms with Gasteiger partial charge in [-0.05, 0) is 24.0 Å². The third-order valence-electron chi connectivity index (χ3n) is 5.27. The Labute approximate surface area is 202 Å². The standard InChI is InChI=1S/C23H33N5O2.HI/c1-23(2,3)19-14-26-20(30-19)15-27-22(24-4)25-12-7-10-21(29)28-13-11-17-8-5-6-9-18(17)16-28;/h5-6,8-9,14H,7,10-13,15-16H2,1-4H3,(H2,24,25,27);1H. The molecule has 1 aliphatic heterocycles. The maximum atomic E-state index is 12.5. The van der Waals surface area contributed by atoms with E-state index < -0.39 is 0 Å². The third kappa shape index (κ3) is 7.22. The fourth-order valence-corrected chi connectivity index (χ4v) is 3.43. The summed E-state index contributed by atoms with van der Waals surface area (Å²) in [4.78, 5) is 23.0. The van der Waals surface area contributed by atoms with E-state index >= 15 is 0 Å². The number of rotatable bonds is 6. The lowest BCUT2D eigenvalue weighted by Gasteiger charge is -2.29. The molecule has 0 bridgehead atoms. The van der Waals surface area contributed by atoms with Gasteiger partial charge in [0.1, 0.15) is 5.76 Å². The summed E-state index contributed by atoms with van der Waals surface area (Å²) in [7, 11) is 1.72.